The van der Waals surface area contributed by atoms with Crippen molar-refractivity contribution in [2.24, 2.45) is 0 Å². The molecule has 0 bridgehead atoms. The average molecular weight is 516 g/mol. The summed E-state index contributed by atoms with van der Waals surface area (Å²) in [5.74, 6) is -0.0474. The number of aromatic amines is 2. The van der Waals surface area contributed by atoms with Gasteiger partial charge in [-0.3, -0.25) is 9.89 Å². The molecule has 0 aliphatic carbocycles. The molecule has 0 radical (unpaired) electrons. The maximum Gasteiger partial charge on any atom is 0.247 e. The third kappa shape index (κ3) is 3.53. The minimum atomic E-state index is -0.595. The molecule has 1 fully saturated rings. The second-order valence-corrected chi connectivity index (χ2v) is 9.63. The predicted octanol–water partition coefficient (Wildman–Crippen LogP) is 4.24. The van der Waals surface area contributed by atoms with Crippen molar-refractivity contribution in [3.05, 3.63) is 77.4 Å². The third-order valence-electron chi connectivity index (χ3n) is 7.15. The summed E-state index contributed by atoms with van der Waals surface area (Å²) in [5, 5.41) is 19.2. The van der Waals surface area contributed by atoms with E-state index in [1.807, 2.05) is 29.3 Å². The number of H-pyrrole nitrogens is 2. The second-order valence-electron chi connectivity index (χ2n) is 9.22. The lowest BCUT2D eigenvalue weighted by molar-refractivity contribution is -0.129. The zero-order valence-electron chi connectivity index (χ0n) is 19.3. The summed E-state index contributed by atoms with van der Waals surface area (Å²) < 4.78 is 16.7. The van der Waals surface area contributed by atoms with Crippen LogP contribution in [-0.2, 0) is 4.79 Å². The second kappa shape index (κ2) is 8.34. The molecule has 12 heteroatoms. The number of carbonyl (C=O) groups is 1. The first-order valence-electron chi connectivity index (χ1n) is 11.8. The van der Waals surface area contributed by atoms with Crippen molar-refractivity contribution in [1.82, 2.24) is 45.3 Å². The molecule has 10 nitrogen and oxygen atoms in total. The van der Waals surface area contributed by atoms with E-state index in [1.165, 1.54) is 23.2 Å². The van der Waals surface area contributed by atoms with Crippen LogP contribution in [0.2, 0.25) is 5.02 Å². The van der Waals surface area contributed by atoms with E-state index in [0.29, 0.717) is 17.7 Å². The minimum absolute atomic E-state index is 0.0244. The highest BCUT2D eigenvalue weighted by Crippen LogP contribution is 2.44. The Morgan fingerprint density at radius 3 is 2.95 bits per heavy atom. The van der Waals surface area contributed by atoms with E-state index in [1.54, 1.807) is 12.3 Å². The molecular weight excluding hydrogens is 497 g/mol. The summed E-state index contributed by atoms with van der Waals surface area (Å²) in [6.45, 7) is 0. The first kappa shape index (κ1) is 21.9. The standard InChI is InChI=1S/C25H19ClFN9O/c26-17-3-6-20(35-12-30-33-34-35)23(24(17)27)14-8-16-2-5-21(36(16)22(37)9-14)25-28-11-19(31-25)13-1-4-18-15(7-13)10-29-32-18/h1,3-4,6-7,9-12,16,21H,2,5,8H2,(H,28,31)(H,29,32)/t16-,21+/m1/s1. The molecule has 2 aliphatic heterocycles. The van der Waals surface area contributed by atoms with Crippen LogP contribution in [0.4, 0.5) is 4.39 Å². The highest BCUT2D eigenvalue weighted by atomic mass is 35.5. The molecule has 2 aromatic carbocycles. The number of carbonyl (C=O) groups excluding carboxylic acids is 1. The van der Waals surface area contributed by atoms with Gasteiger partial charge in [0.1, 0.15) is 12.2 Å². The van der Waals surface area contributed by atoms with Gasteiger partial charge in [0.25, 0.3) is 0 Å². The Kier molecular flexibility index (Phi) is 4.93. The number of halogens is 2. The van der Waals surface area contributed by atoms with Crippen LogP contribution in [0.5, 0.6) is 0 Å². The lowest BCUT2D eigenvalue weighted by atomic mass is 9.92. The molecule has 1 amide bonds. The predicted molar refractivity (Wildman–Crippen MR) is 133 cm³/mol. The molecule has 7 rings (SSSR count). The van der Waals surface area contributed by atoms with E-state index in [2.05, 4.69) is 30.7 Å². The molecule has 0 saturated carbocycles. The summed E-state index contributed by atoms with van der Waals surface area (Å²) in [6, 6.07) is 8.81. The molecule has 5 heterocycles. The molecule has 2 aliphatic rings. The summed E-state index contributed by atoms with van der Waals surface area (Å²) in [6.07, 6.45) is 8.52. The van der Waals surface area contributed by atoms with Crippen molar-refractivity contribution in [3.8, 4) is 16.9 Å². The molecule has 2 N–H and O–H groups in total. The Hall–Kier alpha value is -4.38. The van der Waals surface area contributed by atoms with Gasteiger partial charge >= 0.3 is 0 Å². The van der Waals surface area contributed by atoms with Crippen LogP contribution in [0.1, 0.15) is 36.7 Å². The van der Waals surface area contributed by atoms with Crippen LogP contribution in [0.3, 0.4) is 0 Å². The number of hydrogen-bond donors (Lipinski definition) is 2. The maximum absolute atomic E-state index is 15.3. The van der Waals surface area contributed by atoms with Crippen LogP contribution < -0.4 is 0 Å². The number of nitrogens with one attached hydrogen (secondary N) is 2. The average Bonchev–Trinajstić information content (AvgIpc) is 3.71. The van der Waals surface area contributed by atoms with Gasteiger partial charge in [0.05, 0.1) is 34.2 Å². The molecule has 5 aromatic rings. The number of imidazole rings is 1. The highest BCUT2D eigenvalue weighted by molar-refractivity contribution is 6.31. The molecule has 2 atom stereocenters. The summed E-state index contributed by atoms with van der Waals surface area (Å²) in [7, 11) is 0. The SMILES string of the molecule is O=C1C=C(c2c(-n3cnnn3)ccc(Cl)c2F)C[C@H]2CC[C@@H](c3nc(-c4ccc5[nH]ncc5c4)c[nH]3)N12. The van der Waals surface area contributed by atoms with Gasteiger partial charge < -0.3 is 9.88 Å². The Bertz CT molecular complexity index is 1690. The van der Waals surface area contributed by atoms with Crippen molar-refractivity contribution in [3.63, 3.8) is 0 Å². The van der Waals surface area contributed by atoms with Gasteiger partial charge in [-0.15, -0.1) is 5.10 Å². The van der Waals surface area contributed by atoms with Crippen molar-refractivity contribution >= 4 is 34.0 Å². The van der Waals surface area contributed by atoms with E-state index < -0.39 is 5.82 Å². The molecule has 3 aromatic heterocycles. The summed E-state index contributed by atoms with van der Waals surface area (Å²) in [4.78, 5) is 23.4. The van der Waals surface area contributed by atoms with Crippen LogP contribution >= 0.6 is 11.6 Å². The van der Waals surface area contributed by atoms with Crippen molar-refractivity contribution in [2.45, 2.75) is 31.3 Å². The van der Waals surface area contributed by atoms with Crippen molar-refractivity contribution in [1.29, 1.82) is 0 Å². The number of tetrazole rings is 1. The number of hydrogen-bond acceptors (Lipinski definition) is 6. The zero-order chi connectivity index (χ0) is 25.1. The fourth-order valence-electron chi connectivity index (χ4n) is 5.46. The lowest BCUT2D eigenvalue weighted by Gasteiger charge is -2.33. The Morgan fingerprint density at radius 1 is 1.16 bits per heavy atom. The molecule has 0 spiro atoms. The smallest absolute Gasteiger partial charge is 0.247 e. The maximum atomic E-state index is 15.3. The fraction of sp³-hybridized carbons (Fsp3) is 0.200. The normalized spacial score (nSPS) is 19.5. The van der Waals surface area contributed by atoms with Crippen LogP contribution in [0.15, 0.2) is 55.1 Å². The number of amides is 1. The molecule has 37 heavy (non-hydrogen) atoms. The van der Waals surface area contributed by atoms with E-state index in [9.17, 15) is 4.79 Å². The Labute approximate surface area is 214 Å². The summed E-state index contributed by atoms with van der Waals surface area (Å²) >= 11 is 6.12. The highest BCUT2D eigenvalue weighted by Gasteiger charge is 2.42. The van der Waals surface area contributed by atoms with Gasteiger partial charge in [-0.2, -0.15) is 9.78 Å². The summed E-state index contributed by atoms with van der Waals surface area (Å²) in [5.41, 5.74) is 3.97. The van der Waals surface area contributed by atoms with Crippen LogP contribution in [0.25, 0.3) is 33.4 Å². The quantitative estimate of drug-likeness (QED) is 0.369. The first-order chi connectivity index (χ1) is 18.1. The minimum Gasteiger partial charge on any atom is -0.346 e. The number of benzene rings is 2. The van der Waals surface area contributed by atoms with E-state index in [4.69, 9.17) is 16.6 Å². The number of aromatic nitrogens is 8. The Morgan fingerprint density at radius 2 is 2.08 bits per heavy atom. The van der Waals surface area contributed by atoms with E-state index in [-0.39, 0.29) is 28.6 Å². The van der Waals surface area contributed by atoms with Crippen molar-refractivity contribution in [2.75, 3.05) is 0 Å². The third-order valence-corrected chi connectivity index (χ3v) is 7.44. The number of fused-ring (bicyclic) bond motifs is 2. The van der Waals surface area contributed by atoms with E-state index in [0.717, 1.165) is 40.8 Å². The zero-order valence-corrected chi connectivity index (χ0v) is 20.0. The largest absolute Gasteiger partial charge is 0.346 e. The first-order valence-corrected chi connectivity index (χ1v) is 12.2. The molecule has 184 valence electrons. The number of rotatable bonds is 4. The Balaban J connectivity index is 1.21. The van der Waals surface area contributed by atoms with Crippen molar-refractivity contribution < 1.29 is 9.18 Å². The molecular formula is C25H19ClFN9O. The molecule has 0 unspecified atom stereocenters. The van der Waals surface area contributed by atoms with Gasteiger partial charge in [0.15, 0.2) is 5.82 Å². The van der Waals surface area contributed by atoms with Crippen LogP contribution in [-0.4, -0.2) is 57.2 Å². The van der Waals surface area contributed by atoms with Gasteiger partial charge in [0, 0.05) is 34.8 Å². The van der Waals surface area contributed by atoms with Gasteiger partial charge in [-0.25, -0.2) is 9.37 Å². The number of nitrogens with zero attached hydrogens (tertiary/aromatic N) is 7. The van der Waals surface area contributed by atoms with Gasteiger partial charge in [0.2, 0.25) is 5.91 Å². The van der Waals surface area contributed by atoms with E-state index >= 15 is 4.39 Å². The molecule has 1 saturated heterocycles. The lowest BCUT2D eigenvalue weighted by Crippen LogP contribution is -2.39. The van der Waals surface area contributed by atoms with Gasteiger partial charge in [-0.05, 0) is 59.5 Å². The fourth-order valence-corrected chi connectivity index (χ4v) is 5.62. The van der Waals surface area contributed by atoms with Crippen LogP contribution in [0, 0.1) is 5.82 Å². The monoisotopic (exact) mass is 515 g/mol. The topological polar surface area (TPSA) is 121 Å². The van der Waals surface area contributed by atoms with Gasteiger partial charge in [-0.1, -0.05) is 17.7 Å².